The first-order valence-corrected chi connectivity index (χ1v) is 9.55. The molecule has 0 aliphatic rings. The molecule has 0 aromatic heterocycles. The Morgan fingerprint density at radius 2 is 1.47 bits per heavy atom. The van der Waals surface area contributed by atoms with Gasteiger partial charge < -0.3 is 24.3 Å². The average Bonchev–Trinajstić information content (AvgIpc) is 2.71. The molecule has 0 spiro atoms. The van der Waals surface area contributed by atoms with E-state index in [1.807, 2.05) is 36.4 Å². The predicted octanol–water partition coefficient (Wildman–Crippen LogP) is 3.98. The molecule has 0 saturated carbocycles. The van der Waals surface area contributed by atoms with Crippen molar-refractivity contribution in [3.05, 3.63) is 48.0 Å². The smallest absolute Gasteiger partial charge is 0.408 e. The molecule has 7 nitrogen and oxygen atoms in total. The van der Waals surface area contributed by atoms with E-state index < -0.39 is 23.7 Å². The first-order valence-electron chi connectivity index (χ1n) is 9.55. The number of carbonyl (C=O) groups is 2. The maximum absolute atomic E-state index is 12.1. The van der Waals surface area contributed by atoms with Gasteiger partial charge in [-0.2, -0.15) is 0 Å². The molecule has 2 rings (SSSR count). The fraction of sp³-hybridized carbons (Fsp3) is 0.391. The number of benzene rings is 2. The molecular formula is C23H29NO6. The molecular weight excluding hydrogens is 386 g/mol. The van der Waals surface area contributed by atoms with Crippen molar-refractivity contribution in [3.8, 4) is 22.6 Å². The summed E-state index contributed by atoms with van der Waals surface area (Å²) in [6.07, 6.45) is -0.397. The number of alkyl carbamates (subject to hydrolysis) is 1. The van der Waals surface area contributed by atoms with Crippen LogP contribution in [-0.2, 0) is 20.7 Å². The molecule has 1 N–H and O–H groups in total. The Balaban J connectivity index is 2.17. The summed E-state index contributed by atoms with van der Waals surface area (Å²) in [5.74, 6) is 0.851. The van der Waals surface area contributed by atoms with Crippen LogP contribution in [0.4, 0.5) is 4.79 Å². The minimum absolute atomic E-state index is 0.271. The highest BCUT2D eigenvalue weighted by atomic mass is 16.6. The third-order valence-corrected chi connectivity index (χ3v) is 4.26. The van der Waals surface area contributed by atoms with Crippen molar-refractivity contribution in [1.29, 1.82) is 0 Å². The lowest BCUT2D eigenvalue weighted by Gasteiger charge is -2.22. The first kappa shape index (κ1) is 23.1. The van der Waals surface area contributed by atoms with E-state index in [0.717, 1.165) is 16.7 Å². The van der Waals surface area contributed by atoms with E-state index in [0.29, 0.717) is 11.5 Å². The van der Waals surface area contributed by atoms with Crippen LogP contribution in [0.2, 0.25) is 0 Å². The highest BCUT2D eigenvalue weighted by molar-refractivity contribution is 5.81. The highest BCUT2D eigenvalue weighted by Crippen LogP contribution is 2.30. The largest absolute Gasteiger partial charge is 0.497 e. The van der Waals surface area contributed by atoms with Crippen molar-refractivity contribution in [3.63, 3.8) is 0 Å². The van der Waals surface area contributed by atoms with Crippen molar-refractivity contribution in [2.45, 2.75) is 38.8 Å². The number of methoxy groups -OCH3 is 3. The van der Waals surface area contributed by atoms with Gasteiger partial charge in [-0.1, -0.05) is 24.3 Å². The topological polar surface area (TPSA) is 83.1 Å². The molecule has 0 aliphatic carbocycles. The van der Waals surface area contributed by atoms with E-state index in [9.17, 15) is 9.59 Å². The number of hydrogen-bond donors (Lipinski definition) is 1. The van der Waals surface area contributed by atoms with Crippen molar-refractivity contribution < 1.29 is 28.5 Å². The zero-order valence-electron chi connectivity index (χ0n) is 18.3. The van der Waals surface area contributed by atoms with Crippen LogP contribution in [0, 0.1) is 0 Å². The van der Waals surface area contributed by atoms with Crippen molar-refractivity contribution in [1.82, 2.24) is 5.32 Å². The van der Waals surface area contributed by atoms with Crippen molar-refractivity contribution in [2.24, 2.45) is 0 Å². The molecule has 30 heavy (non-hydrogen) atoms. The number of rotatable bonds is 7. The van der Waals surface area contributed by atoms with Gasteiger partial charge in [0.25, 0.3) is 0 Å². The summed E-state index contributed by atoms with van der Waals surface area (Å²) in [4.78, 5) is 24.2. The molecule has 2 aromatic rings. The quantitative estimate of drug-likeness (QED) is 0.689. The summed E-state index contributed by atoms with van der Waals surface area (Å²) in [7, 11) is 4.49. The van der Waals surface area contributed by atoms with Crippen LogP contribution in [0.15, 0.2) is 42.5 Å². The van der Waals surface area contributed by atoms with Gasteiger partial charge in [0.1, 0.15) is 23.1 Å². The molecule has 0 aliphatic heterocycles. The molecule has 162 valence electrons. The Labute approximate surface area is 177 Å². The SMILES string of the molecule is COC(=O)[C@H](Cc1ccc(-c2cc(OC)cc(OC)c2)cc1)NC(=O)OC(C)(C)C. The third kappa shape index (κ3) is 6.69. The summed E-state index contributed by atoms with van der Waals surface area (Å²) >= 11 is 0. The van der Waals surface area contributed by atoms with E-state index in [4.69, 9.17) is 18.9 Å². The van der Waals surface area contributed by atoms with Crippen molar-refractivity contribution in [2.75, 3.05) is 21.3 Å². The number of hydrogen-bond acceptors (Lipinski definition) is 6. The Hall–Kier alpha value is -3.22. The normalized spacial score (nSPS) is 11.9. The van der Waals surface area contributed by atoms with Crippen molar-refractivity contribution >= 4 is 12.1 Å². The van der Waals surface area contributed by atoms with Gasteiger partial charge in [-0.3, -0.25) is 0 Å². The van der Waals surface area contributed by atoms with Gasteiger partial charge in [-0.15, -0.1) is 0 Å². The van der Waals surface area contributed by atoms with Crippen LogP contribution in [0.25, 0.3) is 11.1 Å². The van der Waals surface area contributed by atoms with Crippen LogP contribution in [0.1, 0.15) is 26.3 Å². The van der Waals surface area contributed by atoms with Crippen LogP contribution in [0.3, 0.4) is 0 Å². The lowest BCUT2D eigenvalue weighted by Crippen LogP contribution is -2.45. The fourth-order valence-electron chi connectivity index (χ4n) is 2.83. The van der Waals surface area contributed by atoms with E-state index in [1.165, 1.54) is 7.11 Å². The number of amides is 1. The Kier molecular flexibility index (Phi) is 7.69. The second kappa shape index (κ2) is 10.0. The number of esters is 1. The van der Waals surface area contributed by atoms with Gasteiger partial charge in [0.15, 0.2) is 0 Å². The van der Waals surface area contributed by atoms with Crippen LogP contribution < -0.4 is 14.8 Å². The monoisotopic (exact) mass is 415 g/mol. The van der Waals surface area contributed by atoms with Gasteiger partial charge >= 0.3 is 12.1 Å². The molecule has 7 heteroatoms. The van der Waals surface area contributed by atoms with E-state index >= 15 is 0 Å². The van der Waals surface area contributed by atoms with E-state index in [-0.39, 0.29) is 6.42 Å². The zero-order chi connectivity index (χ0) is 22.3. The lowest BCUT2D eigenvalue weighted by molar-refractivity contribution is -0.143. The summed E-state index contributed by atoms with van der Waals surface area (Å²) in [6, 6.07) is 12.4. The maximum Gasteiger partial charge on any atom is 0.408 e. The zero-order valence-corrected chi connectivity index (χ0v) is 18.3. The number of nitrogens with one attached hydrogen (secondary N) is 1. The average molecular weight is 415 g/mol. The second-order valence-corrected chi connectivity index (χ2v) is 7.72. The Morgan fingerprint density at radius 1 is 0.900 bits per heavy atom. The van der Waals surface area contributed by atoms with Gasteiger partial charge in [0, 0.05) is 12.5 Å². The molecule has 0 heterocycles. The second-order valence-electron chi connectivity index (χ2n) is 7.72. The predicted molar refractivity (Wildman–Crippen MR) is 114 cm³/mol. The summed E-state index contributed by atoms with van der Waals surface area (Å²) < 4.78 is 20.7. The molecule has 0 radical (unpaired) electrons. The van der Waals surface area contributed by atoms with E-state index in [2.05, 4.69) is 5.32 Å². The summed E-state index contributed by atoms with van der Waals surface area (Å²) in [6.45, 7) is 5.27. The third-order valence-electron chi connectivity index (χ3n) is 4.26. The van der Waals surface area contributed by atoms with E-state index in [1.54, 1.807) is 41.1 Å². The molecule has 0 bridgehead atoms. The van der Waals surface area contributed by atoms with Gasteiger partial charge in [-0.05, 0) is 49.6 Å². The molecule has 0 unspecified atom stereocenters. The van der Waals surface area contributed by atoms with Gasteiger partial charge in [0.05, 0.1) is 21.3 Å². The van der Waals surface area contributed by atoms with Crippen LogP contribution in [-0.4, -0.2) is 45.0 Å². The molecule has 0 fully saturated rings. The maximum atomic E-state index is 12.1. The number of carbonyl (C=O) groups excluding carboxylic acids is 2. The summed E-state index contributed by atoms with van der Waals surface area (Å²) in [5.41, 5.74) is 2.10. The molecule has 1 atom stereocenters. The van der Waals surface area contributed by atoms with Gasteiger partial charge in [-0.25, -0.2) is 9.59 Å². The Bertz CT molecular complexity index is 848. The minimum atomic E-state index is -0.854. The first-order chi connectivity index (χ1) is 14.1. The fourth-order valence-corrected chi connectivity index (χ4v) is 2.83. The molecule has 1 amide bonds. The van der Waals surface area contributed by atoms with Gasteiger partial charge in [0.2, 0.25) is 0 Å². The number of ether oxygens (including phenoxy) is 4. The highest BCUT2D eigenvalue weighted by Gasteiger charge is 2.25. The van der Waals surface area contributed by atoms with Crippen LogP contribution in [0.5, 0.6) is 11.5 Å². The standard InChI is InChI=1S/C23H29NO6/c1-23(2,3)30-22(26)24-20(21(25)29-6)11-15-7-9-16(10-8-15)17-12-18(27-4)14-19(13-17)28-5/h7-10,12-14,20H,11H2,1-6H3,(H,24,26)/t20-/m0/s1. The molecule has 0 saturated heterocycles. The van der Waals surface area contributed by atoms with Crippen LogP contribution >= 0.6 is 0 Å². The summed E-state index contributed by atoms with van der Waals surface area (Å²) in [5, 5.41) is 2.58. The Morgan fingerprint density at radius 3 is 1.93 bits per heavy atom. The minimum Gasteiger partial charge on any atom is -0.497 e. The molecule has 2 aromatic carbocycles. The lowest BCUT2D eigenvalue weighted by atomic mass is 10.00.